The van der Waals surface area contributed by atoms with Crippen LogP contribution in [0.15, 0.2) is 29.3 Å². The minimum atomic E-state index is -3.76. The number of sulfonamides is 1. The van der Waals surface area contributed by atoms with Gasteiger partial charge in [0.2, 0.25) is 10.0 Å². The summed E-state index contributed by atoms with van der Waals surface area (Å²) in [6, 6.07) is 4.80. The van der Waals surface area contributed by atoms with Gasteiger partial charge in [0.05, 0.1) is 26.5 Å². The molecular formula is C21H29N3O5S. The second-order valence-electron chi connectivity index (χ2n) is 7.18. The number of benzene rings is 1. The molecule has 1 aliphatic heterocycles. The maximum Gasteiger partial charge on any atom is 0.246 e. The average molecular weight is 436 g/mol. The first-order valence-corrected chi connectivity index (χ1v) is 11.5. The van der Waals surface area contributed by atoms with Gasteiger partial charge in [0.1, 0.15) is 22.2 Å². The third kappa shape index (κ3) is 4.74. The molecule has 1 aliphatic rings. The molecule has 30 heavy (non-hydrogen) atoms. The maximum atomic E-state index is 13.5. The number of hydrogen-bond acceptors (Lipinski definition) is 7. The van der Waals surface area contributed by atoms with Crippen molar-refractivity contribution in [2.24, 2.45) is 0 Å². The van der Waals surface area contributed by atoms with Crippen LogP contribution < -0.4 is 9.47 Å². The molecule has 0 radical (unpaired) electrons. The molecule has 0 saturated carbocycles. The van der Waals surface area contributed by atoms with Gasteiger partial charge in [0.25, 0.3) is 0 Å². The zero-order valence-electron chi connectivity index (χ0n) is 17.9. The molecule has 9 heteroatoms. The third-order valence-electron chi connectivity index (χ3n) is 5.24. The first kappa shape index (κ1) is 22.5. The highest BCUT2D eigenvalue weighted by Gasteiger charge is 2.34. The van der Waals surface area contributed by atoms with Crippen LogP contribution in [-0.4, -0.2) is 56.6 Å². The second kappa shape index (κ2) is 9.72. The van der Waals surface area contributed by atoms with E-state index in [1.54, 1.807) is 18.3 Å². The van der Waals surface area contributed by atoms with Crippen molar-refractivity contribution in [1.82, 2.24) is 14.3 Å². The highest BCUT2D eigenvalue weighted by Crippen LogP contribution is 2.35. The van der Waals surface area contributed by atoms with Gasteiger partial charge in [-0.2, -0.15) is 4.31 Å². The van der Waals surface area contributed by atoms with E-state index in [4.69, 9.17) is 14.2 Å². The van der Waals surface area contributed by atoms with Gasteiger partial charge in [-0.05, 0) is 38.8 Å². The summed E-state index contributed by atoms with van der Waals surface area (Å²) in [5.74, 6) is 1.41. The summed E-state index contributed by atoms with van der Waals surface area (Å²) in [7, 11) is -0.796. The molecule has 0 N–H and O–H groups in total. The van der Waals surface area contributed by atoms with E-state index in [2.05, 4.69) is 9.97 Å². The quantitative estimate of drug-likeness (QED) is 0.630. The Hall–Kier alpha value is -2.23. The highest BCUT2D eigenvalue weighted by atomic mass is 32.2. The number of piperidine rings is 1. The van der Waals surface area contributed by atoms with Gasteiger partial charge in [-0.25, -0.2) is 18.4 Å². The summed E-state index contributed by atoms with van der Waals surface area (Å²) in [5.41, 5.74) is 1.78. The topological polar surface area (TPSA) is 90.9 Å². The monoisotopic (exact) mass is 435 g/mol. The van der Waals surface area contributed by atoms with Crippen molar-refractivity contribution in [3.63, 3.8) is 0 Å². The van der Waals surface area contributed by atoms with Crippen LogP contribution in [-0.2, 0) is 21.4 Å². The fourth-order valence-corrected chi connectivity index (χ4v) is 5.39. The van der Waals surface area contributed by atoms with Crippen molar-refractivity contribution in [2.45, 2.75) is 44.1 Å². The normalized spacial score (nSPS) is 17.7. The lowest BCUT2D eigenvalue weighted by molar-refractivity contribution is 0.132. The molecule has 0 aliphatic carbocycles. The predicted octanol–water partition coefficient (Wildman–Crippen LogP) is 2.91. The van der Waals surface area contributed by atoms with Crippen LogP contribution in [0.5, 0.6) is 11.5 Å². The summed E-state index contributed by atoms with van der Waals surface area (Å²) in [6.45, 7) is 5.58. The van der Waals surface area contributed by atoms with Gasteiger partial charge in [-0.3, -0.25) is 0 Å². The molecule has 0 amide bonds. The number of aryl methyl sites for hydroxylation is 1. The van der Waals surface area contributed by atoms with E-state index in [1.807, 2.05) is 13.8 Å². The first-order valence-electron chi connectivity index (χ1n) is 10.0. The second-order valence-corrected chi connectivity index (χ2v) is 9.09. The van der Waals surface area contributed by atoms with Crippen molar-refractivity contribution in [3.05, 3.63) is 41.5 Å². The van der Waals surface area contributed by atoms with E-state index >= 15 is 0 Å². The van der Waals surface area contributed by atoms with Crippen LogP contribution in [0.4, 0.5) is 0 Å². The van der Waals surface area contributed by atoms with Gasteiger partial charge in [0.15, 0.2) is 0 Å². The number of methoxy groups -OCH3 is 2. The fourth-order valence-electron chi connectivity index (χ4n) is 3.70. The zero-order chi connectivity index (χ0) is 21.7. The standard InChI is InChI=1S/C21H29N3O5S/c1-5-29-14-17-12-22-15(2)23-21(17)16-7-6-10-24(13-16)30(25,26)20-11-18(27-3)8-9-19(20)28-4/h8-9,11-12,16H,5-7,10,13-14H2,1-4H3. The molecule has 8 nitrogen and oxygen atoms in total. The molecule has 3 rings (SSSR count). The van der Waals surface area contributed by atoms with Crippen molar-refractivity contribution < 1.29 is 22.6 Å². The average Bonchev–Trinajstić information content (AvgIpc) is 2.77. The van der Waals surface area contributed by atoms with Crippen LogP contribution in [0.2, 0.25) is 0 Å². The number of rotatable bonds is 8. The summed E-state index contributed by atoms with van der Waals surface area (Å²) in [6.07, 6.45) is 3.38. The number of ether oxygens (including phenoxy) is 3. The van der Waals surface area contributed by atoms with Crippen molar-refractivity contribution in [3.8, 4) is 11.5 Å². The maximum absolute atomic E-state index is 13.5. The van der Waals surface area contributed by atoms with E-state index in [9.17, 15) is 8.42 Å². The Morgan fingerprint density at radius 3 is 2.73 bits per heavy atom. The Balaban J connectivity index is 1.93. The van der Waals surface area contributed by atoms with Gasteiger partial charge in [-0.15, -0.1) is 0 Å². The Labute approximate surface area is 178 Å². The first-order chi connectivity index (χ1) is 14.4. The number of aromatic nitrogens is 2. The summed E-state index contributed by atoms with van der Waals surface area (Å²) < 4.78 is 44.6. The van der Waals surface area contributed by atoms with Gasteiger partial charge < -0.3 is 14.2 Å². The smallest absolute Gasteiger partial charge is 0.246 e. The molecule has 1 saturated heterocycles. The van der Waals surface area contributed by atoms with E-state index in [0.29, 0.717) is 43.6 Å². The lowest BCUT2D eigenvalue weighted by atomic mass is 9.93. The highest BCUT2D eigenvalue weighted by molar-refractivity contribution is 7.89. The summed E-state index contributed by atoms with van der Waals surface area (Å²) in [4.78, 5) is 9.04. The molecule has 0 spiro atoms. The van der Waals surface area contributed by atoms with Crippen LogP contribution >= 0.6 is 0 Å². The minimum Gasteiger partial charge on any atom is -0.497 e. The third-order valence-corrected chi connectivity index (χ3v) is 7.13. The van der Waals surface area contributed by atoms with Crippen LogP contribution in [0, 0.1) is 6.92 Å². The van der Waals surface area contributed by atoms with E-state index in [-0.39, 0.29) is 10.8 Å². The van der Waals surface area contributed by atoms with Crippen LogP contribution in [0.3, 0.4) is 0 Å². The summed E-state index contributed by atoms with van der Waals surface area (Å²) >= 11 is 0. The molecule has 1 aromatic carbocycles. The van der Waals surface area contributed by atoms with Gasteiger partial charge in [-0.1, -0.05) is 0 Å². The Morgan fingerprint density at radius 1 is 1.23 bits per heavy atom. The minimum absolute atomic E-state index is 0.0257. The van der Waals surface area contributed by atoms with E-state index in [1.165, 1.54) is 24.6 Å². The van der Waals surface area contributed by atoms with Crippen molar-refractivity contribution in [1.29, 1.82) is 0 Å². The lowest BCUT2D eigenvalue weighted by Crippen LogP contribution is -2.39. The van der Waals surface area contributed by atoms with Crippen LogP contribution in [0.25, 0.3) is 0 Å². The SMILES string of the molecule is CCOCc1cnc(C)nc1C1CCCN(S(=O)(=O)c2cc(OC)ccc2OC)C1. The zero-order valence-corrected chi connectivity index (χ0v) is 18.7. The van der Waals surface area contributed by atoms with Crippen molar-refractivity contribution >= 4 is 10.0 Å². The molecule has 1 unspecified atom stereocenters. The Bertz CT molecular complexity index is 981. The Morgan fingerprint density at radius 2 is 2.03 bits per heavy atom. The molecule has 0 bridgehead atoms. The largest absolute Gasteiger partial charge is 0.497 e. The molecule has 1 aromatic heterocycles. The molecular weight excluding hydrogens is 406 g/mol. The van der Waals surface area contributed by atoms with Crippen molar-refractivity contribution in [2.75, 3.05) is 33.9 Å². The Kier molecular flexibility index (Phi) is 7.27. The van der Waals surface area contributed by atoms with E-state index < -0.39 is 10.0 Å². The lowest BCUT2D eigenvalue weighted by Gasteiger charge is -2.32. The van der Waals surface area contributed by atoms with Crippen LogP contribution in [0.1, 0.15) is 42.8 Å². The molecule has 1 fully saturated rings. The van der Waals surface area contributed by atoms with Gasteiger partial charge >= 0.3 is 0 Å². The number of hydrogen-bond donors (Lipinski definition) is 0. The molecule has 164 valence electrons. The van der Waals surface area contributed by atoms with Gasteiger partial charge in [0, 0.05) is 43.4 Å². The summed E-state index contributed by atoms with van der Waals surface area (Å²) in [5, 5.41) is 0. The number of nitrogens with zero attached hydrogens (tertiary/aromatic N) is 3. The molecule has 2 aromatic rings. The fraction of sp³-hybridized carbons (Fsp3) is 0.524. The molecule has 2 heterocycles. The molecule has 1 atom stereocenters. The van der Waals surface area contributed by atoms with E-state index in [0.717, 1.165) is 24.1 Å². The predicted molar refractivity (Wildman–Crippen MR) is 112 cm³/mol.